The Balaban J connectivity index is 1.54. The van der Waals surface area contributed by atoms with Gasteiger partial charge in [0.15, 0.2) is 11.5 Å². The number of hydrogen-bond acceptors (Lipinski definition) is 7. The number of carbonyl (C=O) groups is 3. The number of ether oxygens (including phenoxy) is 3. The number of carbonyl (C=O) groups excluding carboxylic acids is 3. The molecule has 0 aliphatic rings. The second kappa shape index (κ2) is 11.5. The Morgan fingerprint density at radius 3 is 2.26 bits per heavy atom. The van der Waals surface area contributed by atoms with E-state index < -0.39 is 17.8 Å². The summed E-state index contributed by atoms with van der Waals surface area (Å²) in [6.07, 6.45) is 1.33. The van der Waals surface area contributed by atoms with Crippen LogP contribution in [0.3, 0.4) is 0 Å². The molecule has 2 amide bonds. The van der Waals surface area contributed by atoms with Crippen molar-refractivity contribution in [1.29, 1.82) is 0 Å². The molecule has 0 aromatic heterocycles. The highest BCUT2D eigenvalue weighted by Gasteiger charge is 2.15. The minimum Gasteiger partial charge on any atom is -0.493 e. The molecule has 34 heavy (non-hydrogen) atoms. The van der Waals surface area contributed by atoms with Gasteiger partial charge in [-0.3, -0.25) is 9.59 Å². The highest BCUT2D eigenvalue weighted by Crippen LogP contribution is 2.28. The lowest BCUT2D eigenvalue weighted by Gasteiger charge is -2.09. The van der Waals surface area contributed by atoms with Crippen LogP contribution in [0.2, 0.25) is 5.02 Å². The summed E-state index contributed by atoms with van der Waals surface area (Å²) in [7, 11) is 2.97. The molecule has 0 aliphatic heterocycles. The third-order valence-electron chi connectivity index (χ3n) is 4.42. The van der Waals surface area contributed by atoms with Crippen molar-refractivity contribution in [3.8, 4) is 17.2 Å². The zero-order chi connectivity index (χ0) is 24.5. The van der Waals surface area contributed by atoms with E-state index in [0.29, 0.717) is 39.1 Å². The maximum absolute atomic E-state index is 12.4. The second-order valence-electron chi connectivity index (χ2n) is 6.66. The number of nitrogens with zero attached hydrogens (tertiary/aromatic N) is 1. The van der Waals surface area contributed by atoms with E-state index in [-0.39, 0.29) is 0 Å². The standard InChI is InChI=1S/C24H20ClN3O6/c1-32-20-12-9-16(13-21(20)33-2)24(31)34-17-10-7-15(8-11-17)14-26-28-23(30)22(29)27-19-6-4-3-5-18(19)25/h3-14H,1-2H3,(H,27,29)(H,28,30)/b26-14-. The molecule has 0 atom stereocenters. The monoisotopic (exact) mass is 481 g/mol. The Hall–Kier alpha value is -4.37. The van der Waals surface area contributed by atoms with Gasteiger partial charge in [-0.05, 0) is 60.2 Å². The number of amides is 2. The van der Waals surface area contributed by atoms with E-state index in [1.54, 1.807) is 60.7 Å². The van der Waals surface area contributed by atoms with Crippen LogP contribution in [-0.2, 0) is 9.59 Å². The maximum Gasteiger partial charge on any atom is 0.343 e. The number of esters is 1. The van der Waals surface area contributed by atoms with Crippen molar-refractivity contribution in [3.05, 3.63) is 82.9 Å². The van der Waals surface area contributed by atoms with E-state index in [0.717, 1.165) is 0 Å². The lowest BCUT2D eigenvalue weighted by atomic mass is 10.2. The molecule has 0 fully saturated rings. The first-order valence-corrected chi connectivity index (χ1v) is 10.2. The largest absolute Gasteiger partial charge is 0.493 e. The first-order chi connectivity index (χ1) is 16.4. The number of methoxy groups -OCH3 is 2. The van der Waals surface area contributed by atoms with Crippen LogP contribution in [0.1, 0.15) is 15.9 Å². The van der Waals surface area contributed by atoms with Gasteiger partial charge >= 0.3 is 17.8 Å². The predicted molar refractivity (Wildman–Crippen MR) is 127 cm³/mol. The number of nitrogens with one attached hydrogen (secondary N) is 2. The molecular formula is C24H20ClN3O6. The van der Waals surface area contributed by atoms with Crippen LogP contribution in [0.25, 0.3) is 0 Å². The van der Waals surface area contributed by atoms with E-state index in [4.69, 9.17) is 25.8 Å². The molecule has 10 heteroatoms. The Bertz CT molecular complexity index is 1230. The van der Waals surface area contributed by atoms with E-state index in [1.807, 2.05) is 0 Å². The van der Waals surface area contributed by atoms with Crippen molar-refractivity contribution in [1.82, 2.24) is 5.43 Å². The van der Waals surface area contributed by atoms with Gasteiger partial charge in [0.25, 0.3) is 0 Å². The molecule has 3 rings (SSSR count). The number of halogens is 1. The quantitative estimate of drug-likeness (QED) is 0.175. The first kappa shape index (κ1) is 24.3. The normalized spacial score (nSPS) is 10.4. The van der Waals surface area contributed by atoms with Gasteiger partial charge in [0, 0.05) is 0 Å². The van der Waals surface area contributed by atoms with Crippen LogP contribution >= 0.6 is 11.6 Å². The molecule has 174 valence electrons. The summed E-state index contributed by atoms with van der Waals surface area (Å²) < 4.78 is 15.7. The Morgan fingerprint density at radius 1 is 0.882 bits per heavy atom. The molecular weight excluding hydrogens is 462 g/mol. The summed E-state index contributed by atoms with van der Waals surface area (Å²) in [6.45, 7) is 0. The van der Waals surface area contributed by atoms with Gasteiger partial charge in [0.1, 0.15) is 5.75 Å². The molecule has 3 aromatic rings. The fourth-order valence-corrected chi connectivity index (χ4v) is 2.89. The van der Waals surface area contributed by atoms with E-state index in [1.165, 1.54) is 26.5 Å². The SMILES string of the molecule is COc1ccc(C(=O)Oc2ccc(/C=N\NC(=O)C(=O)Nc3ccccc3Cl)cc2)cc1OC. The number of anilines is 1. The highest BCUT2D eigenvalue weighted by atomic mass is 35.5. The van der Waals surface area contributed by atoms with Crippen molar-refractivity contribution in [2.24, 2.45) is 5.10 Å². The van der Waals surface area contributed by atoms with E-state index in [2.05, 4.69) is 15.8 Å². The lowest BCUT2D eigenvalue weighted by molar-refractivity contribution is -0.136. The predicted octanol–water partition coefficient (Wildman–Crippen LogP) is 3.67. The molecule has 9 nitrogen and oxygen atoms in total. The van der Waals surface area contributed by atoms with Gasteiger partial charge in [-0.25, -0.2) is 10.2 Å². The van der Waals surface area contributed by atoms with Gasteiger partial charge in [-0.2, -0.15) is 5.10 Å². The molecule has 0 unspecified atom stereocenters. The topological polar surface area (TPSA) is 115 Å². The number of benzene rings is 3. The summed E-state index contributed by atoms with van der Waals surface area (Å²) in [6, 6.07) is 17.6. The number of hydrazone groups is 1. The van der Waals surface area contributed by atoms with Gasteiger partial charge in [0.05, 0.1) is 36.7 Å². The molecule has 3 aromatic carbocycles. The molecule has 0 aliphatic carbocycles. The average molecular weight is 482 g/mol. The second-order valence-corrected chi connectivity index (χ2v) is 7.07. The molecule has 0 radical (unpaired) electrons. The molecule has 2 N–H and O–H groups in total. The summed E-state index contributed by atoms with van der Waals surface area (Å²) in [5.41, 5.74) is 3.33. The summed E-state index contributed by atoms with van der Waals surface area (Å²) in [5, 5.41) is 6.44. The van der Waals surface area contributed by atoms with Gasteiger partial charge < -0.3 is 19.5 Å². The van der Waals surface area contributed by atoms with Crippen LogP contribution in [0.4, 0.5) is 5.69 Å². The lowest BCUT2D eigenvalue weighted by Crippen LogP contribution is -2.32. The zero-order valence-electron chi connectivity index (χ0n) is 18.2. The van der Waals surface area contributed by atoms with E-state index in [9.17, 15) is 14.4 Å². The van der Waals surface area contributed by atoms with Gasteiger partial charge in [-0.1, -0.05) is 23.7 Å². The van der Waals surface area contributed by atoms with Crippen LogP contribution < -0.4 is 25.0 Å². The number of para-hydroxylation sites is 1. The Morgan fingerprint density at radius 2 is 1.59 bits per heavy atom. The van der Waals surface area contributed by atoms with Crippen molar-refractivity contribution < 1.29 is 28.6 Å². The smallest absolute Gasteiger partial charge is 0.343 e. The van der Waals surface area contributed by atoms with Gasteiger partial charge in [0.2, 0.25) is 0 Å². The molecule has 0 saturated carbocycles. The molecule has 0 spiro atoms. The summed E-state index contributed by atoms with van der Waals surface area (Å²) in [4.78, 5) is 36.2. The fraction of sp³-hybridized carbons (Fsp3) is 0.0833. The molecule has 0 saturated heterocycles. The Labute approximate surface area is 200 Å². The number of rotatable bonds is 7. The fourth-order valence-electron chi connectivity index (χ4n) is 2.71. The van der Waals surface area contributed by atoms with Crippen molar-refractivity contribution >= 4 is 41.3 Å². The first-order valence-electron chi connectivity index (χ1n) is 9.84. The zero-order valence-corrected chi connectivity index (χ0v) is 19.0. The van der Waals surface area contributed by atoms with Crippen molar-refractivity contribution in [3.63, 3.8) is 0 Å². The summed E-state index contributed by atoms with van der Waals surface area (Å²) >= 11 is 5.94. The molecule has 0 heterocycles. The van der Waals surface area contributed by atoms with Crippen LogP contribution in [0.15, 0.2) is 71.8 Å². The molecule has 0 bridgehead atoms. The highest BCUT2D eigenvalue weighted by molar-refractivity contribution is 6.41. The maximum atomic E-state index is 12.4. The van der Waals surface area contributed by atoms with Crippen LogP contribution in [-0.4, -0.2) is 38.2 Å². The third-order valence-corrected chi connectivity index (χ3v) is 4.75. The van der Waals surface area contributed by atoms with Crippen LogP contribution in [0, 0.1) is 0 Å². The third kappa shape index (κ3) is 6.33. The minimum absolute atomic E-state index is 0.293. The van der Waals surface area contributed by atoms with Crippen molar-refractivity contribution in [2.45, 2.75) is 0 Å². The van der Waals surface area contributed by atoms with Crippen LogP contribution in [0.5, 0.6) is 17.2 Å². The minimum atomic E-state index is -0.961. The van der Waals surface area contributed by atoms with E-state index >= 15 is 0 Å². The average Bonchev–Trinajstić information content (AvgIpc) is 2.85. The van der Waals surface area contributed by atoms with Gasteiger partial charge in [-0.15, -0.1) is 0 Å². The Kier molecular flexibility index (Phi) is 8.20. The van der Waals surface area contributed by atoms with Crippen molar-refractivity contribution in [2.75, 3.05) is 19.5 Å². The number of hydrogen-bond donors (Lipinski definition) is 2. The summed E-state index contributed by atoms with van der Waals surface area (Å²) in [5.74, 6) is -1.24.